The molecular formula is C21H17FN2O5S2. The third-order valence-electron chi connectivity index (χ3n) is 7.34. The normalized spacial score (nSPS) is 35.3. The number of carbonyl (C=O) groups is 3. The number of halogens is 1. The number of amides is 2. The van der Waals surface area contributed by atoms with Crippen LogP contribution in [0.2, 0.25) is 0 Å². The maximum absolute atomic E-state index is 13.6. The highest BCUT2D eigenvalue weighted by molar-refractivity contribution is 8.00. The summed E-state index contributed by atoms with van der Waals surface area (Å²) in [7, 11) is 0. The monoisotopic (exact) mass is 460 g/mol. The number of benzene rings is 1. The van der Waals surface area contributed by atoms with Gasteiger partial charge in [-0.25, -0.2) is 4.39 Å². The number of aliphatic carboxylic acids is 1. The SMILES string of the molecule is O=C(O)CN1C(=O)[C@@H]2[C@H]3C[C@@H]([C@H]4Sc5[nH]c(=O)sc5[C@H](c5ccc(F)cc5)[C@@H]34)[C@H]2C1=O. The molecule has 160 valence electrons. The van der Waals surface area contributed by atoms with Gasteiger partial charge in [-0.1, -0.05) is 23.5 Å². The van der Waals surface area contributed by atoms with Gasteiger partial charge in [-0.15, -0.1) is 11.8 Å². The molecule has 1 aromatic carbocycles. The number of hydrogen-bond acceptors (Lipinski definition) is 6. The number of nitrogens with zero attached hydrogens (tertiary/aromatic N) is 1. The highest BCUT2D eigenvalue weighted by Crippen LogP contribution is 2.68. The van der Waals surface area contributed by atoms with Crippen molar-refractivity contribution in [3.05, 3.63) is 50.2 Å². The zero-order valence-corrected chi connectivity index (χ0v) is 17.6. The molecule has 2 N–H and O–H groups in total. The maximum atomic E-state index is 13.6. The van der Waals surface area contributed by atoms with Crippen molar-refractivity contribution in [3.63, 3.8) is 0 Å². The average molecular weight is 461 g/mol. The first-order valence-electron chi connectivity index (χ1n) is 10.1. The van der Waals surface area contributed by atoms with Crippen molar-refractivity contribution in [1.29, 1.82) is 0 Å². The van der Waals surface area contributed by atoms with Gasteiger partial charge in [0.2, 0.25) is 11.8 Å². The molecule has 7 atom stereocenters. The largest absolute Gasteiger partial charge is 0.480 e. The summed E-state index contributed by atoms with van der Waals surface area (Å²) in [6, 6.07) is 6.25. The number of carboxylic acids is 1. The third-order valence-corrected chi connectivity index (χ3v) is 9.93. The first-order chi connectivity index (χ1) is 14.8. The molecule has 31 heavy (non-hydrogen) atoms. The third kappa shape index (κ3) is 2.57. The second-order valence-electron chi connectivity index (χ2n) is 8.67. The predicted octanol–water partition coefficient (Wildman–Crippen LogP) is 2.13. The van der Waals surface area contributed by atoms with Gasteiger partial charge in [0.15, 0.2) is 0 Å². The minimum atomic E-state index is -1.20. The number of hydrogen-bond donors (Lipinski definition) is 2. The Morgan fingerprint density at radius 1 is 1.13 bits per heavy atom. The summed E-state index contributed by atoms with van der Waals surface area (Å²) in [5.74, 6) is -3.62. The summed E-state index contributed by atoms with van der Waals surface area (Å²) in [4.78, 5) is 53.9. The molecule has 1 aromatic heterocycles. The van der Waals surface area contributed by atoms with Crippen LogP contribution in [0.1, 0.15) is 22.8 Å². The van der Waals surface area contributed by atoms with Gasteiger partial charge in [0.1, 0.15) is 12.4 Å². The van der Waals surface area contributed by atoms with Gasteiger partial charge in [0.25, 0.3) is 0 Å². The number of carbonyl (C=O) groups excluding carboxylic acids is 2. The fourth-order valence-corrected chi connectivity index (χ4v) is 9.30. The molecule has 2 aliphatic heterocycles. The topological polar surface area (TPSA) is 108 Å². The number of likely N-dealkylation sites (tertiary alicyclic amines) is 1. The molecule has 2 bridgehead atoms. The van der Waals surface area contributed by atoms with Crippen LogP contribution in [-0.4, -0.2) is 44.6 Å². The zero-order valence-electron chi connectivity index (χ0n) is 16.0. The number of imide groups is 1. The van der Waals surface area contributed by atoms with E-state index in [4.69, 9.17) is 5.11 Å². The molecule has 6 rings (SSSR count). The number of thiazole rings is 1. The van der Waals surface area contributed by atoms with Crippen LogP contribution in [0.25, 0.3) is 0 Å². The molecule has 2 saturated carbocycles. The van der Waals surface area contributed by atoms with E-state index in [1.807, 2.05) is 0 Å². The second kappa shape index (κ2) is 6.52. The zero-order chi connectivity index (χ0) is 21.6. The van der Waals surface area contributed by atoms with Crippen LogP contribution in [0, 0.1) is 35.4 Å². The lowest BCUT2D eigenvalue weighted by Gasteiger charge is -2.43. The van der Waals surface area contributed by atoms with E-state index >= 15 is 0 Å². The van der Waals surface area contributed by atoms with Crippen molar-refractivity contribution >= 4 is 40.9 Å². The molecular weight excluding hydrogens is 443 g/mol. The fraction of sp³-hybridized carbons (Fsp3) is 0.429. The number of aromatic nitrogens is 1. The standard InChI is InChI=1S/C21H17FN2O5S2/c22-8-3-1-7(2-4-8)12-13-9-5-10(16(13)30-18-17(12)31-21(29)23-18)15-14(9)19(27)24(20(15)28)6-11(25)26/h1-4,9-10,12-16H,5-6H2,(H,23,29)(H,25,26)/t9-,10+,12+,13+,14+,15+,16+/m0/s1. The van der Waals surface area contributed by atoms with Crippen molar-refractivity contribution in [2.75, 3.05) is 6.54 Å². The first kappa shape index (κ1) is 19.2. The molecule has 2 aliphatic carbocycles. The summed E-state index contributed by atoms with van der Waals surface area (Å²) < 4.78 is 13.6. The van der Waals surface area contributed by atoms with E-state index in [2.05, 4.69) is 4.98 Å². The molecule has 4 aliphatic rings. The minimum Gasteiger partial charge on any atom is -0.480 e. The minimum absolute atomic E-state index is 0.0159. The predicted molar refractivity (Wildman–Crippen MR) is 109 cm³/mol. The fourth-order valence-electron chi connectivity index (χ4n) is 6.41. The molecule has 2 aromatic rings. The van der Waals surface area contributed by atoms with Gasteiger partial charge in [-0.05, 0) is 41.9 Å². The van der Waals surface area contributed by atoms with Crippen LogP contribution in [0.15, 0.2) is 34.1 Å². The molecule has 3 heterocycles. The number of rotatable bonds is 3. The highest BCUT2D eigenvalue weighted by Gasteiger charge is 2.69. The Hall–Kier alpha value is -2.46. The molecule has 10 heteroatoms. The van der Waals surface area contributed by atoms with Gasteiger partial charge in [-0.3, -0.25) is 24.1 Å². The Kier molecular flexibility index (Phi) is 4.05. The summed E-state index contributed by atoms with van der Waals surface area (Å²) in [6.07, 6.45) is 0.729. The van der Waals surface area contributed by atoms with Crippen LogP contribution >= 0.6 is 23.1 Å². The van der Waals surface area contributed by atoms with Crippen LogP contribution < -0.4 is 4.87 Å². The second-order valence-corrected chi connectivity index (χ2v) is 10.9. The Morgan fingerprint density at radius 2 is 1.81 bits per heavy atom. The Labute approximate surface area is 183 Å². The van der Waals surface area contributed by atoms with E-state index in [-0.39, 0.29) is 51.4 Å². The Bertz CT molecular complexity index is 1190. The smallest absolute Gasteiger partial charge is 0.323 e. The van der Waals surface area contributed by atoms with E-state index in [0.29, 0.717) is 0 Å². The quantitative estimate of drug-likeness (QED) is 0.680. The van der Waals surface area contributed by atoms with Crippen LogP contribution in [-0.2, 0) is 14.4 Å². The van der Waals surface area contributed by atoms with E-state index in [1.54, 1.807) is 23.9 Å². The van der Waals surface area contributed by atoms with Gasteiger partial charge in [0.05, 0.1) is 16.9 Å². The van der Waals surface area contributed by atoms with E-state index in [1.165, 1.54) is 12.1 Å². The molecule has 2 amide bonds. The summed E-state index contributed by atoms with van der Waals surface area (Å²) in [6.45, 7) is -0.603. The number of aromatic amines is 1. The Morgan fingerprint density at radius 3 is 2.48 bits per heavy atom. The van der Waals surface area contributed by atoms with Gasteiger partial charge in [0, 0.05) is 16.0 Å². The van der Waals surface area contributed by atoms with Gasteiger partial charge >= 0.3 is 10.8 Å². The molecule has 7 nitrogen and oxygen atoms in total. The lowest BCUT2D eigenvalue weighted by molar-refractivity contribution is -0.149. The van der Waals surface area contributed by atoms with Crippen molar-refractivity contribution in [2.45, 2.75) is 22.6 Å². The lowest BCUT2D eigenvalue weighted by Crippen LogP contribution is -2.42. The van der Waals surface area contributed by atoms with Crippen LogP contribution in [0.5, 0.6) is 0 Å². The highest BCUT2D eigenvalue weighted by atomic mass is 32.2. The summed E-state index contributed by atoms with van der Waals surface area (Å²) in [5.41, 5.74) is 0.886. The molecule has 3 fully saturated rings. The lowest BCUT2D eigenvalue weighted by atomic mass is 9.68. The molecule has 1 saturated heterocycles. The summed E-state index contributed by atoms with van der Waals surface area (Å²) in [5, 5.41) is 9.96. The van der Waals surface area contributed by atoms with Gasteiger partial charge < -0.3 is 10.1 Å². The number of carboxylic acid groups (broad SMARTS) is 1. The van der Waals surface area contributed by atoms with E-state index in [0.717, 1.165) is 38.1 Å². The van der Waals surface area contributed by atoms with Crippen LogP contribution in [0.3, 0.4) is 0 Å². The molecule has 0 unspecified atom stereocenters. The molecule has 0 spiro atoms. The molecule has 0 radical (unpaired) electrons. The van der Waals surface area contributed by atoms with Gasteiger partial charge in [-0.2, -0.15) is 0 Å². The summed E-state index contributed by atoms with van der Waals surface area (Å²) >= 11 is 2.71. The number of nitrogens with one attached hydrogen (secondary N) is 1. The number of thioether (sulfide) groups is 1. The number of fused-ring (bicyclic) bond motifs is 9. The van der Waals surface area contributed by atoms with Crippen molar-refractivity contribution in [1.82, 2.24) is 9.88 Å². The van der Waals surface area contributed by atoms with E-state index in [9.17, 15) is 23.6 Å². The average Bonchev–Trinajstić information content (AvgIpc) is 3.44. The van der Waals surface area contributed by atoms with Crippen LogP contribution in [0.4, 0.5) is 4.39 Å². The van der Waals surface area contributed by atoms with Crippen molar-refractivity contribution in [3.8, 4) is 0 Å². The Balaban J connectivity index is 1.45. The van der Waals surface area contributed by atoms with Crippen molar-refractivity contribution in [2.24, 2.45) is 29.6 Å². The number of H-pyrrole nitrogens is 1. The first-order valence-corrected chi connectivity index (χ1v) is 11.8. The van der Waals surface area contributed by atoms with Crippen molar-refractivity contribution < 1.29 is 23.9 Å². The van der Waals surface area contributed by atoms with E-state index < -0.39 is 24.3 Å². The maximum Gasteiger partial charge on any atom is 0.323 e.